The number of aryl methyl sites for hydroxylation is 1. The number of nitrogens with zero attached hydrogens (tertiary/aromatic N) is 5. The molecule has 0 fully saturated rings. The van der Waals surface area contributed by atoms with E-state index in [0.717, 1.165) is 22.4 Å². The second-order valence-electron chi connectivity index (χ2n) is 6.76. The van der Waals surface area contributed by atoms with Gasteiger partial charge in [-0.05, 0) is 42.0 Å². The first-order valence-corrected chi connectivity index (χ1v) is 10.2. The minimum Gasteiger partial charge on any atom is -0.487 e. The van der Waals surface area contributed by atoms with E-state index >= 15 is 0 Å². The van der Waals surface area contributed by atoms with Gasteiger partial charge in [0.05, 0.1) is 5.69 Å². The van der Waals surface area contributed by atoms with Crippen molar-refractivity contribution in [1.82, 2.24) is 24.1 Å². The van der Waals surface area contributed by atoms with E-state index < -0.39 is 0 Å². The maximum Gasteiger partial charge on any atom is 0.258 e. The quantitative estimate of drug-likeness (QED) is 0.437. The lowest BCUT2D eigenvalue weighted by Crippen LogP contribution is -2.14. The second kappa shape index (κ2) is 7.57. The van der Waals surface area contributed by atoms with E-state index in [1.165, 1.54) is 21.8 Å². The van der Waals surface area contributed by atoms with Crippen molar-refractivity contribution in [3.63, 3.8) is 0 Å². The van der Waals surface area contributed by atoms with Crippen LogP contribution in [0.3, 0.4) is 0 Å². The molecule has 0 atom stereocenters. The molecule has 0 saturated heterocycles. The van der Waals surface area contributed by atoms with Crippen molar-refractivity contribution >= 4 is 16.3 Å². The maximum absolute atomic E-state index is 12.1. The molecule has 0 bridgehead atoms. The molecule has 8 heteroatoms. The minimum absolute atomic E-state index is 0.103. The Morgan fingerprint density at radius 1 is 1.07 bits per heavy atom. The summed E-state index contributed by atoms with van der Waals surface area (Å²) in [5.74, 6) is 0.702. The molecule has 0 amide bonds. The van der Waals surface area contributed by atoms with Gasteiger partial charge in [0.1, 0.15) is 18.1 Å². The number of aromatic nitrogens is 5. The summed E-state index contributed by atoms with van der Waals surface area (Å²) in [7, 11) is 1.91. The number of hydrogen-bond donors (Lipinski definition) is 0. The van der Waals surface area contributed by atoms with Crippen LogP contribution in [0.25, 0.3) is 27.3 Å². The third kappa shape index (κ3) is 3.48. The van der Waals surface area contributed by atoms with Crippen molar-refractivity contribution in [2.24, 2.45) is 7.05 Å². The summed E-state index contributed by atoms with van der Waals surface area (Å²) in [4.78, 5) is 21.3. The Kier molecular flexibility index (Phi) is 4.61. The Labute approximate surface area is 175 Å². The number of ether oxygens (including phenoxy) is 1. The normalized spacial score (nSPS) is 11.1. The zero-order valence-electron chi connectivity index (χ0n) is 16.1. The molecular formula is C22H17N5O2S. The first kappa shape index (κ1) is 18.3. The van der Waals surface area contributed by atoms with Gasteiger partial charge >= 0.3 is 0 Å². The Morgan fingerprint density at radius 2 is 1.87 bits per heavy atom. The predicted octanol–water partition coefficient (Wildman–Crippen LogP) is 3.80. The Bertz CT molecular complexity index is 1370. The van der Waals surface area contributed by atoms with Crippen LogP contribution in [-0.4, -0.2) is 24.1 Å². The summed E-state index contributed by atoms with van der Waals surface area (Å²) in [5, 5.41) is 6.46. The highest BCUT2D eigenvalue weighted by atomic mass is 32.1. The molecule has 0 saturated carbocycles. The lowest BCUT2D eigenvalue weighted by atomic mass is 10.0. The maximum atomic E-state index is 12.1. The van der Waals surface area contributed by atoms with Gasteiger partial charge < -0.3 is 4.74 Å². The zero-order chi connectivity index (χ0) is 20.5. The molecular weight excluding hydrogens is 398 g/mol. The van der Waals surface area contributed by atoms with Gasteiger partial charge in [-0.25, -0.2) is 4.98 Å². The third-order valence-electron chi connectivity index (χ3n) is 4.69. The Morgan fingerprint density at radius 3 is 2.67 bits per heavy atom. The molecule has 148 valence electrons. The minimum atomic E-state index is -0.103. The lowest BCUT2D eigenvalue weighted by Gasteiger charge is -2.07. The predicted molar refractivity (Wildman–Crippen MR) is 116 cm³/mol. The summed E-state index contributed by atoms with van der Waals surface area (Å²) in [6.07, 6.45) is 7.27. The van der Waals surface area contributed by atoms with Gasteiger partial charge in [-0.3, -0.25) is 18.9 Å². The molecule has 0 aliphatic heterocycles. The van der Waals surface area contributed by atoms with Gasteiger partial charge in [-0.15, -0.1) is 11.3 Å². The molecule has 0 N–H and O–H groups in total. The molecule has 5 aromatic rings. The van der Waals surface area contributed by atoms with E-state index in [4.69, 9.17) is 4.74 Å². The Hall–Kier alpha value is -3.78. The van der Waals surface area contributed by atoms with Gasteiger partial charge in [0, 0.05) is 54.4 Å². The average molecular weight is 415 g/mol. The van der Waals surface area contributed by atoms with Crippen LogP contribution in [0.15, 0.2) is 77.4 Å². The number of hydrogen-bond acceptors (Lipinski definition) is 6. The molecule has 5 rings (SSSR count). The molecule has 7 nitrogen and oxygen atoms in total. The highest BCUT2D eigenvalue weighted by Crippen LogP contribution is 2.31. The smallest absolute Gasteiger partial charge is 0.258 e. The van der Waals surface area contributed by atoms with Gasteiger partial charge in [0.25, 0.3) is 5.56 Å². The van der Waals surface area contributed by atoms with Crippen LogP contribution in [0.4, 0.5) is 0 Å². The summed E-state index contributed by atoms with van der Waals surface area (Å²) >= 11 is 1.42. The summed E-state index contributed by atoms with van der Waals surface area (Å²) in [6, 6.07) is 13.2. The molecule has 0 unspecified atom stereocenters. The van der Waals surface area contributed by atoms with Gasteiger partial charge in [-0.1, -0.05) is 0 Å². The highest BCUT2D eigenvalue weighted by Gasteiger charge is 2.12. The van der Waals surface area contributed by atoms with Gasteiger partial charge in [-0.2, -0.15) is 5.10 Å². The zero-order valence-corrected chi connectivity index (χ0v) is 16.9. The first-order chi connectivity index (χ1) is 14.7. The molecule has 0 spiro atoms. The third-order valence-corrected chi connectivity index (χ3v) is 5.45. The van der Waals surface area contributed by atoms with Crippen molar-refractivity contribution in [1.29, 1.82) is 0 Å². The van der Waals surface area contributed by atoms with E-state index in [0.29, 0.717) is 16.4 Å². The van der Waals surface area contributed by atoms with Crippen molar-refractivity contribution in [2.75, 3.05) is 0 Å². The molecule has 0 aliphatic carbocycles. The largest absolute Gasteiger partial charge is 0.487 e. The van der Waals surface area contributed by atoms with Crippen molar-refractivity contribution in [3.05, 3.63) is 88.7 Å². The summed E-state index contributed by atoms with van der Waals surface area (Å²) < 4.78 is 9.17. The number of thiazole rings is 1. The SMILES string of the molecule is Cn1cc(-c2ccncc2)c(-c2ccc(OCc3cc(=O)n4ccsc4n3)cc2)n1. The van der Waals surface area contributed by atoms with Crippen molar-refractivity contribution in [3.8, 4) is 28.1 Å². The Balaban J connectivity index is 1.37. The second-order valence-corrected chi connectivity index (χ2v) is 7.63. The number of benzene rings is 1. The van der Waals surface area contributed by atoms with Gasteiger partial charge in [0.15, 0.2) is 4.96 Å². The fraction of sp³-hybridized carbons (Fsp3) is 0.0909. The summed E-state index contributed by atoms with van der Waals surface area (Å²) in [5.41, 5.74) is 4.50. The fourth-order valence-corrected chi connectivity index (χ4v) is 4.01. The lowest BCUT2D eigenvalue weighted by molar-refractivity contribution is 0.301. The van der Waals surface area contributed by atoms with Crippen LogP contribution in [0.2, 0.25) is 0 Å². The standard InChI is InChI=1S/C22H17N5O2S/c1-26-13-19(15-6-8-23-9-7-15)21(25-26)16-2-4-18(5-3-16)29-14-17-12-20(28)27-10-11-30-22(27)24-17/h2-13H,14H2,1H3. The van der Waals surface area contributed by atoms with Crippen molar-refractivity contribution in [2.45, 2.75) is 6.61 Å². The first-order valence-electron chi connectivity index (χ1n) is 9.30. The van der Waals surface area contributed by atoms with Crippen LogP contribution in [0.1, 0.15) is 5.69 Å². The molecule has 30 heavy (non-hydrogen) atoms. The molecule has 0 radical (unpaired) electrons. The van der Waals surface area contributed by atoms with Crippen LogP contribution < -0.4 is 10.3 Å². The highest BCUT2D eigenvalue weighted by molar-refractivity contribution is 7.15. The topological polar surface area (TPSA) is 74.3 Å². The number of fused-ring (bicyclic) bond motifs is 1. The van der Waals surface area contributed by atoms with E-state index in [9.17, 15) is 4.79 Å². The van der Waals surface area contributed by atoms with Crippen molar-refractivity contribution < 1.29 is 4.74 Å². The molecule has 1 aromatic carbocycles. The monoisotopic (exact) mass is 415 g/mol. The molecule has 0 aliphatic rings. The van der Waals surface area contributed by atoms with Gasteiger partial charge in [0.2, 0.25) is 0 Å². The fourth-order valence-electron chi connectivity index (χ4n) is 3.27. The van der Waals surface area contributed by atoms with Crippen LogP contribution in [0, 0.1) is 0 Å². The number of rotatable bonds is 5. The van der Waals surface area contributed by atoms with E-state index in [2.05, 4.69) is 15.1 Å². The van der Waals surface area contributed by atoms with E-state index in [-0.39, 0.29) is 12.2 Å². The van der Waals surface area contributed by atoms with E-state index in [1.54, 1.807) is 23.3 Å². The molecule has 4 aromatic heterocycles. The van der Waals surface area contributed by atoms with Crippen LogP contribution in [0.5, 0.6) is 5.75 Å². The molecule has 4 heterocycles. The van der Waals surface area contributed by atoms with Crippen LogP contribution >= 0.6 is 11.3 Å². The van der Waals surface area contributed by atoms with Crippen LogP contribution in [-0.2, 0) is 13.7 Å². The summed E-state index contributed by atoms with van der Waals surface area (Å²) in [6.45, 7) is 0.231. The van der Waals surface area contributed by atoms with E-state index in [1.807, 2.05) is 55.0 Å². The average Bonchev–Trinajstić information content (AvgIpc) is 3.40. The number of pyridine rings is 1.